The molecule has 1 aromatic carbocycles. The van der Waals surface area contributed by atoms with E-state index in [0.29, 0.717) is 23.2 Å². The van der Waals surface area contributed by atoms with Gasteiger partial charge in [0.25, 0.3) is 5.91 Å². The molecule has 1 amide bonds. The van der Waals surface area contributed by atoms with Crippen molar-refractivity contribution in [2.75, 3.05) is 17.6 Å². The number of nitrogens with two attached hydrogens (primary N) is 1. The Kier molecular flexibility index (Phi) is 4.43. The lowest BCUT2D eigenvalue weighted by molar-refractivity contribution is 0.102. The maximum Gasteiger partial charge on any atom is 0.256 e. The summed E-state index contributed by atoms with van der Waals surface area (Å²) in [6.45, 7) is 4.33. The van der Waals surface area contributed by atoms with Crippen LogP contribution in [0.2, 0.25) is 0 Å². The largest absolute Gasteiger partial charge is 0.382 e. The Bertz CT molecular complexity index is 1260. The number of amides is 1. The number of aromatic amines is 1. The molecule has 1 saturated heterocycles. The van der Waals surface area contributed by atoms with E-state index in [2.05, 4.69) is 38.3 Å². The predicted molar refractivity (Wildman–Crippen MR) is 118 cm³/mol. The number of likely N-dealkylation sites (tertiary alicyclic amines) is 1. The van der Waals surface area contributed by atoms with Crippen LogP contribution < -0.4 is 11.1 Å². The third-order valence-electron chi connectivity index (χ3n) is 6.01. The van der Waals surface area contributed by atoms with Gasteiger partial charge in [0.05, 0.1) is 11.0 Å². The van der Waals surface area contributed by atoms with Crippen molar-refractivity contribution in [1.82, 2.24) is 24.6 Å². The molecule has 4 N–H and O–H groups in total. The Balaban J connectivity index is 1.35. The molecule has 0 unspecified atom stereocenters. The van der Waals surface area contributed by atoms with Gasteiger partial charge in [-0.25, -0.2) is 4.98 Å². The number of anilines is 2. The van der Waals surface area contributed by atoms with Crippen molar-refractivity contribution in [2.24, 2.45) is 7.05 Å². The smallest absolute Gasteiger partial charge is 0.256 e. The number of fused-ring (bicyclic) bond motifs is 2. The summed E-state index contributed by atoms with van der Waals surface area (Å²) >= 11 is 0. The van der Waals surface area contributed by atoms with Crippen molar-refractivity contribution in [3.05, 3.63) is 47.8 Å². The summed E-state index contributed by atoms with van der Waals surface area (Å²) < 4.78 is 1.67. The summed E-state index contributed by atoms with van der Waals surface area (Å²) in [6.07, 6.45) is 4.31. The monoisotopic (exact) mass is 403 g/mol. The molecule has 0 spiro atoms. The maximum atomic E-state index is 12.8. The van der Waals surface area contributed by atoms with Gasteiger partial charge in [-0.3, -0.25) is 14.4 Å². The molecule has 0 saturated carbocycles. The average molecular weight is 403 g/mol. The molecule has 4 aromatic rings. The summed E-state index contributed by atoms with van der Waals surface area (Å²) in [5, 5.41) is 8.96. The van der Waals surface area contributed by atoms with Crippen LogP contribution in [-0.2, 0) is 13.6 Å². The Hall–Kier alpha value is -3.39. The van der Waals surface area contributed by atoms with E-state index < -0.39 is 0 Å². The molecule has 8 heteroatoms. The molecule has 0 aliphatic carbocycles. The zero-order valence-electron chi connectivity index (χ0n) is 17.1. The minimum Gasteiger partial charge on any atom is -0.382 e. The van der Waals surface area contributed by atoms with E-state index in [1.165, 1.54) is 18.5 Å². The van der Waals surface area contributed by atoms with Crippen molar-refractivity contribution in [3.8, 4) is 0 Å². The number of benzene rings is 1. The van der Waals surface area contributed by atoms with Crippen LogP contribution >= 0.6 is 0 Å². The molecule has 1 atom stereocenters. The Morgan fingerprint density at radius 1 is 1.33 bits per heavy atom. The fourth-order valence-electron chi connectivity index (χ4n) is 4.30. The molecule has 5 rings (SSSR count). The lowest BCUT2D eigenvalue weighted by atomic mass is 10.1. The topological polar surface area (TPSA) is 105 Å². The highest BCUT2D eigenvalue weighted by Gasteiger charge is 2.20. The van der Waals surface area contributed by atoms with Crippen LogP contribution in [-0.4, -0.2) is 43.1 Å². The van der Waals surface area contributed by atoms with Crippen molar-refractivity contribution < 1.29 is 4.79 Å². The van der Waals surface area contributed by atoms with Crippen LogP contribution in [0.5, 0.6) is 0 Å². The van der Waals surface area contributed by atoms with Gasteiger partial charge in [-0.15, -0.1) is 0 Å². The molecule has 0 radical (unpaired) electrons. The van der Waals surface area contributed by atoms with Crippen molar-refractivity contribution in [1.29, 1.82) is 0 Å². The number of nitrogens with zero attached hydrogens (tertiary/aromatic N) is 4. The number of aryl methyl sites for hydroxylation is 1. The van der Waals surface area contributed by atoms with Gasteiger partial charge >= 0.3 is 0 Å². The Labute approximate surface area is 174 Å². The minimum atomic E-state index is -0.221. The Morgan fingerprint density at radius 3 is 3.00 bits per heavy atom. The van der Waals surface area contributed by atoms with Gasteiger partial charge in [-0.05, 0) is 50.6 Å². The number of hydrogen-bond donors (Lipinski definition) is 3. The first kappa shape index (κ1) is 18.6. The van der Waals surface area contributed by atoms with E-state index in [9.17, 15) is 4.79 Å². The van der Waals surface area contributed by atoms with Gasteiger partial charge in [-0.2, -0.15) is 5.10 Å². The van der Waals surface area contributed by atoms with Crippen molar-refractivity contribution >= 4 is 39.3 Å². The van der Waals surface area contributed by atoms with E-state index in [4.69, 9.17) is 5.73 Å². The fraction of sp³-hybridized carbons (Fsp3) is 0.318. The molecule has 4 heterocycles. The summed E-state index contributed by atoms with van der Waals surface area (Å²) in [5.41, 5.74) is 9.37. The Morgan fingerprint density at radius 2 is 2.20 bits per heavy atom. The van der Waals surface area contributed by atoms with Crippen LogP contribution in [0, 0.1) is 0 Å². The number of aromatic nitrogens is 4. The second kappa shape index (κ2) is 7.14. The molecule has 1 aliphatic heterocycles. The van der Waals surface area contributed by atoms with E-state index in [0.717, 1.165) is 34.9 Å². The van der Waals surface area contributed by atoms with Gasteiger partial charge in [0, 0.05) is 53.9 Å². The summed E-state index contributed by atoms with van der Waals surface area (Å²) in [5.74, 6) is 0.749. The zero-order valence-corrected chi connectivity index (χ0v) is 17.1. The van der Waals surface area contributed by atoms with Crippen LogP contribution in [0.3, 0.4) is 0 Å². The maximum absolute atomic E-state index is 12.8. The lowest BCUT2D eigenvalue weighted by Crippen LogP contribution is -2.26. The number of H-pyrrole nitrogens is 1. The van der Waals surface area contributed by atoms with Crippen LogP contribution in [0.25, 0.3) is 21.8 Å². The van der Waals surface area contributed by atoms with Gasteiger partial charge in [-0.1, -0.05) is 0 Å². The summed E-state index contributed by atoms with van der Waals surface area (Å²) in [7, 11) is 1.81. The highest BCUT2D eigenvalue weighted by molar-refractivity contribution is 6.07. The number of pyridine rings is 1. The first-order valence-corrected chi connectivity index (χ1v) is 10.2. The average Bonchev–Trinajstić information content (AvgIpc) is 3.39. The SMILES string of the molecule is C[C@H]1CCCN1Cc1cc2cnc(NC(=O)c3ccc4c(N)nn(C)c4c3)cc2[nH]1. The fourth-order valence-corrected chi connectivity index (χ4v) is 4.30. The standard InChI is InChI=1S/C22H25N7O/c1-13-4-3-7-29(13)12-16-8-15-11-24-20(10-18(15)25-16)26-22(30)14-5-6-17-19(9-14)28(2)27-21(17)23/h5-6,8-11,13,25H,3-4,7,12H2,1-2H3,(H2,23,27)(H,24,26,30)/t13-/m0/s1. The summed E-state index contributed by atoms with van der Waals surface area (Å²) in [4.78, 5) is 23.1. The van der Waals surface area contributed by atoms with Gasteiger partial charge < -0.3 is 16.0 Å². The quantitative estimate of drug-likeness (QED) is 0.485. The van der Waals surface area contributed by atoms with E-state index in [1.807, 2.05) is 19.2 Å². The molecule has 0 bridgehead atoms. The molecule has 154 valence electrons. The molecule has 3 aromatic heterocycles. The molecule has 8 nitrogen and oxygen atoms in total. The zero-order chi connectivity index (χ0) is 20.8. The van der Waals surface area contributed by atoms with E-state index in [-0.39, 0.29) is 5.91 Å². The highest BCUT2D eigenvalue weighted by atomic mass is 16.1. The molecule has 1 fully saturated rings. The van der Waals surface area contributed by atoms with E-state index in [1.54, 1.807) is 23.0 Å². The second-order valence-electron chi connectivity index (χ2n) is 8.11. The normalized spacial score (nSPS) is 17.2. The number of nitrogens with one attached hydrogen (secondary N) is 2. The number of carbonyl (C=O) groups excluding carboxylic acids is 1. The third-order valence-corrected chi connectivity index (χ3v) is 6.01. The van der Waals surface area contributed by atoms with Gasteiger partial charge in [0.15, 0.2) is 5.82 Å². The van der Waals surface area contributed by atoms with E-state index >= 15 is 0 Å². The lowest BCUT2D eigenvalue weighted by Gasteiger charge is -2.19. The summed E-state index contributed by atoms with van der Waals surface area (Å²) in [6, 6.07) is 10.00. The minimum absolute atomic E-state index is 0.221. The van der Waals surface area contributed by atoms with Crippen LogP contribution in [0.15, 0.2) is 36.5 Å². The molecular weight excluding hydrogens is 378 g/mol. The highest BCUT2D eigenvalue weighted by Crippen LogP contribution is 2.24. The number of carbonyl (C=O) groups is 1. The van der Waals surface area contributed by atoms with Crippen molar-refractivity contribution in [3.63, 3.8) is 0 Å². The van der Waals surface area contributed by atoms with Gasteiger partial charge in [0.1, 0.15) is 5.82 Å². The third kappa shape index (κ3) is 3.29. The molecule has 1 aliphatic rings. The predicted octanol–water partition coefficient (Wildman–Crippen LogP) is 3.27. The first-order chi connectivity index (χ1) is 14.5. The second-order valence-corrected chi connectivity index (χ2v) is 8.11. The van der Waals surface area contributed by atoms with Crippen LogP contribution in [0.1, 0.15) is 35.8 Å². The van der Waals surface area contributed by atoms with Gasteiger partial charge in [0.2, 0.25) is 0 Å². The number of nitrogen functional groups attached to an aromatic ring is 1. The first-order valence-electron chi connectivity index (χ1n) is 10.2. The number of hydrogen-bond acceptors (Lipinski definition) is 5. The molecular formula is C22H25N7O. The van der Waals surface area contributed by atoms with Crippen LogP contribution in [0.4, 0.5) is 11.6 Å². The molecule has 30 heavy (non-hydrogen) atoms. The van der Waals surface area contributed by atoms with Crippen molar-refractivity contribution in [2.45, 2.75) is 32.4 Å². The number of rotatable bonds is 4.